The van der Waals surface area contributed by atoms with Crippen LogP contribution in [0.5, 0.6) is 0 Å². The number of carbonyl (C=O) groups excluding carboxylic acids is 1. The number of amides is 1. The molecule has 1 aliphatic rings. The molecule has 0 N–H and O–H groups in total. The second-order valence-electron chi connectivity index (χ2n) is 7.31. The molecule has 0 bridgehead atoms. The van der Waals surface area contributed by atoms with Crippen LogP contribution in [0.2, 0.25) is 0 Å². The van der Waals surface area contributed by atoms with E-state index >= 15 is 0 Å². The van der Waals surface area contributed by atoms with Crippen LogP contribution in [0.4, 0.5) is 9.18 Å². The Morgan fingerprint density at radius 3 is 2.48 bits per heavy atom. The molecular weight excluding hydrogens is 339 g/mol. The van der Waals surface area contributed by atoms with Gasteiger partial charge in [0.2, 0.25) is 0 Å². The number of carbonyl (C=O) groups is 1. The molecular formula is C19H23FN2O2S. The molecule has 4 nitrogen and oxygen atoms in total. The first kappa shape index (κ1) is 17.9. The number of nitrogens with zero attached hydrogens (tertiary/aromatic N) is 2. The summed E-state index contributed by atoms with van der Waals surface area (Å²) in [5, 5.41) is 1.09. The van der Waals surface area contributed by atoms with Gasteiger partial charge in [-0.15, -0.1) is 11.3 Å². The van der Waals surface area contributed by atoms with Crippen molar-refractivity contribution in [2.45, 2.75) is 45.1 Å². The number of rotatable bonds is 2. The van der Waals surface area contributed by atoms with Crippen molar-refractivity contribution < 1.29 is 13.9 Å². The maximum atomic E-state index is 13.0. The first-order valence-electron chi connectivity index (χ1n) is 8.51. The molecule has 1 aromatic carbocycles. The van der Waals surface area contributed by atoms with Gasteiger partial charge in [0.15, 0.2) is 0 Å². The van der Waals surface area contributed by atoms with Gasteiger partial charge >= 0.3 is 6.09 Å². The molecule has 0 aliphatic carbocycles. The molecule has 134 valence electrons. The van der Waals surface area contributed by atoms with Crippen molar-refractivity contribution in [3.8, 4) is 10.4 Å². The van der Waals surface area contributed by atoms with Crippen molar-refractivity contribution in [3.05, 3.63) is 41.3 Å². The summed E-state index contributed by atoms with van der Waals surface area (Å²) in [4.78, 5) is 19.5. The summed E-state index contributed by atoms with van der Waals surface area (Å²) in [6.45, 7) is 7.01. The van der Waals surface area contributed by atoms with Gasteiger partial charge in [-0.05, 0) is 51.3 Å². The zero-order chi connectivity index (χ0) is 18.0. The highest BCUT2D eigenvalue weighted by Crippen LogP contribution is 2.35. The van der Waals surface area contributed by atoms with E-state index in [0.29, 0.717) is 19.0 Å². The number of piperidine rings is 1. The average Bonchev–Trinajstić information content (AvgIpc) is 3.04. The van der Waals surface area contributed by atoms with Crippen molar-refractivity contribution in [1.82, 2.24) is 9.88 Å². The SMILES string of the molecule is CC(C)(C)OC(=O)N1CCC(c2ncc(-c3ccc(F)cc3)s2)CC1. The van der Waals surface area contributed by atoms with Crippen LogP contribution in [-0.2, 0) is 4.74 Å². The van der Waals surface area contributed by atoms with Gasteiger partial charge in [-0.3, -0.25) is 0 Å². The Bertz CT molecular complexity index is 729. The van der Waals surface area contributed by atoms with Crippen LogP contribution >= 0.6 is 11.3 Å². The van der Waals surface area contributed by atoms with Gasteiger partial charge in [0, 0.05) is 25.2 Å². The van der Waals surface area contributed by atoms with E-state index in [9.17, 15) is 9.18 Å². The molecule has 2 aromatic rings. The third-order valence-corrected chi connectivity index (χ3v) is 5.36. The molecule has 0 atom stereocenters. The summed E-state index contributed by atoms with van der Waals surface area (Å²) in [7, 11) is 0. The van der Waals surface area contributed by atoms with E-state index in [1.165, 1.54) is 12.1 Å². The van der Waals surface area contributed by atoms with Gasteiger partial charge in [0.25, 0.3) is 0 Å². The fraction of sp³-hybridized carbons (Fsp3) is 0.474. The largest absolute Gasteiger partial charge is 0.444 e. The zero-order valence-electron chi connectivity index (χ0n) is 14.8. The summed E-state index contributed by atoms with van der Waals surface area (Å²) >= 11 is 1.65. The lowest BCUT2D eigenvalue weighted by atomic mass is 9.98. The Morgan fingerprint density at radius 1 is 1.24 bits per heavy atom. The van der Waals surface area contributed by atoms with Crippen molar-refractivity contribution in [2.24, 2.45) is 0 Å². The molecule has 6 heteroatoms. The van der Waals surface area contributed by atoms with Gasteiger partial charge in [-0.2, -0.15) is 0 Å². The summed E-state index contributed by atoms with van der Waals surface area (Å²) in [5.41, 5.74) is 0.518. The van der Waals surface area contributed by atoms with Crippen molar-refractivity contribution in [1.29, 1.82) is 0 Å². The molecule has 0 unspecified atom stereocenters. The lowest BCUT2D eigenvalue weighted by Crippen LogP contribution is -2.41. The highest BCUT2D eigenvalue weighted by Gasteiger charge is 2.28. The molecule has 1 aromatic heterocycles. The molecule has 1 saturated heterocycles. The molecule has 1 fully saturated rings. The standard InChI is InChI=1S/C19H23FN2O2S/c1-19(2,3)24-18(23)22-10-8-14(9-11-22)17-21-12-16(25-17)13-4-6-15(20)7-5-13/h4-7,12,14H,8-11H2,1-3H3. The van der Waals surface area contributed by atoms with Gasteiger partial charge in [-0.25, -0.2) is 14.2 Å². The Labute approximate surface area is 151 Å². The molecule has 1 amide bonds. The Kier molecular flexibility index (Phi) is 5.08. The summed E-state index contributed by atoms with van der Waals surface area (Å²) in [5.74, 6) is 0.126. The number of ether oxygens (including phenoxy) is 1. The summed E-state index contributed by atoms with van der Waals surface area (Å²) in [6, 6.07) is 6.48. The van der Waals surface area contributed by atoms with Gasteiger partial charge < -0.3 is 9.64 Å². The van der Waals surface area contributed by atoms with Gasteiger partial charge in [-0.1, -0.05) is 12.1 Å². The van der Waals surface area contributed by atoms with E-state index in [1.54, 1.807) is 28.4 Å². The van der Waals surface area contributed by atoms with E-state index < -0.39 is 5.60 Å². The maximum absolute atomic E-state index is 13.0. The first-order valence-corrected chi connectivity index (χ1v) is 9.33. The number of thiazole rings is 1. The Morgan fingerprint density at radius 2 is 1.88 bits per heavy atom. The molecule has 25 heavy (non-hydrogen) atoms. The fourth-order valence-corrected chi connectivity index (χ4v) is 3.95. The third-order valence-electron chi connectivity index (χ3n) is 4.15. The number of hydrogen-bond acceptors (Lipinski definition) is 4. The Balaban J connectivity index is 1.60. The van der Waals surface area contributed by atoms with Crippen LogP contribution in [0.3, 0.4) is 0 Å². The van der Waals surface area contributed by atoms with Gasteiger partial charge in [0.05, 0.1) is 9.88 Å². The van der Waals surface area contributed by atoms with Gasteiger partial charge in [0.1, 0.15) is 11.4 Å². The van der Waals surface area contributed by atoms with Crippen molar-refractivity contribution in [3.63, 3.8) is 0 Å². The lowest BCUT2D eigenvalue weighted by Gasteiger charge is -2.32. The normalized spacial score (nSPS) is 16.1. The topological polar surface area (TPSA) is 42.4 Å². The summed E-state index contributed by atoms with van der Waals surface area (Å²) < 4.78 is 18.5. The second-order valence-corrected chi connectivity index (χ2v) is 8.37. The van der Waals surface area contributed by atoms with Crippen LogP contribution < -0.4 is 0 Å². The predicted octanol–water partition coefficient (Wildman–Crippen LogP) is 5.06. The van der Waals surface area contributed by atoms with Crippen LogP contribution in [0.15, 0.2) is 30.5 Å². The molecule has 1 aliphatic heterocycles. The first-order chi connectivity index (χ1) is 11.8. The molecule has 3 rings (SSSR count). The average molecular weight is 362 g/mol. The molecule has 0 spiro atoms. The lowest BCUT2D eigenvalue weighted by molar-refractivity contribution is 0.0205. The third kappa shape index (κ3) is 4.57. The minimum atomic E-state index is -0.465. The summed E-state index contributed by atoms with van der Waals surface area (Å²) in [6.07, 6.45) is 3.38. The van der Waals surface area contributed by atoms with E-state index in [0.717, 1.165) is 28.3 Å². The number of likely N-dealkylation sites (tertiary alicyclic amines) is 1. The molecule has 2 heterocycles. The van der Waals surface area contributed by atoms with E-state index in [4.69, 9.17) is 4.74 Å². The van der Waals surface area contributed by atoms with Crippen LogP contribution in [0.1, 0.15) is 44.5 Å². The quantitative estimate of drug-likeness (QED) is 0.749. The zero-order valence-corrected chi connectivity index (χ0v) is 15.6. The van der Waals surface area contributed by atoms with E-state index in [2.05, 4.69) is 4.98 Å². The number of aromatic nitrogens is 1. The number of halogens is 1. The monoisotopic (exact) mass is 362 g/mol. The van der Waals surface area contributed by atoms with Crippen LogP contribution in [0, 0.1) is 5.82 Å². The maximum Gasteiger partial charge on any atom is 0.410 e. The molecule has 0 radical (unpaired) electrons. The smallest absolute Gasteiger partial charge is 0.410 e. The minimum absolute atomic E-state index is 0.233. The Hall–Kier alpha value is -1.95. The highest BCUT2D eigenvalue weighted by molar-refractivity contribution is 7.15. The molecule has 0 saturated carbocycles. The minimum Gasteiger partial charge on any atom is -0.444 e. The number of benzene rings is 1. The van der Waals surface area contributed by atoms with Crippen molar-refractivity contribution in [2.75, 3.05) is 13.1 Å². The fourth-order valence-electron chi connectivity index (χ4n) is 2.86. The van der Waals surface area contributed by atoms with E-state index in [-0.39, 0.29) is 11.9 Å². The van der Waals surface area contributed by atoms with Crippen LogP contribution in [-0.4, -0.2) is 34.7 Å². The van der Waals surface area contributed by atoms with E-state index in [1.807, 2.05) is 27.0 Å². The highest BCUT2D eigenvalue weighted by atomic mass is 32.1. The second kappa shape index (κ2) is 7.12. The number of hydrogen-bond donors (Lipinski definition) is 0. The van der Waals surface area contributed by atoms with Crippen molar-refractivity contribution >= 4 is 17.4 Å². The predicted molar refractivity (Wildman–Crippen MR) is 97.3 cm³/mol. The van der Waals surface area contributed by atoms with Crippen LogP contribution in [0.25, 0.3) is 10.4 Å².